The van der Waals surface area contributed by atoms with Crippen molar-refractivity contribution in [3.05, 3.63) is 35.9 Å². The second-order valence-electron chi connectivity index (χ2n) is 3.09. The SMILES string of the molecule is O=C1N=CC(O)N1Cc1ccccc1. The number of benzene rings is 1. The van der Waals surface area contributed by atoms with Gasteiger partial charge in [0.2, 0.25) is 0 Å². The number of carbonyl (C=O) groups excluding carboxylic acids is 1. The number of aliphatic hydroxyl groups excluding tert-OH is 1. The van der Waals surface area contributed by atoms with E-state index >= 15 is 0 Å². The van der Waals surface area contributed by atoms with E-state index in [1.54, 1.807) is 0 Å². The normalized spacial score (nSPS) is 20.5. The summed E-state index contributed by atoms with van der Waals surface area (Å²) in [6, 6.07) is 9.10. The van der Waals surface area contributed by atoms with Crippen LogP contribution < -0.4 is 0 Å². The van der Waals surface area contributed by atoms with Gasteiger partial charge in [-0.05, 0) is 5.56 Å². The van der Waals surface area contributed by atoms with Crippen molar-refractivity contribution in [1.82, 2.24) is 4.90 Å². The van der Waals surface area contributed by atoms with Crippen LogP contribution in [-0.2, 0) is 6.54 Å². The highest BCUT2D eigenvalue weighted by atomic mass is 16.3. The lowest BCUT2D eigenvalue weighted by molar-refractivity contribution is 0.0933. The molecule has 0 fully saturated rings. The number of aliphatic imine (C=N–C) groups is 1. The fourth-order valence-corrected chi connectivity index (χ4v) is 1.34. The molecule has 1 unspecified atom stereocenters. The van der Waals surface area contributed by atoms with Crippen molar-refractivity contribution >= 4 is 12.2 Å². The lowest BCUT2D eigenvalue weighted by Gasteiger charge is -2.18. The summed E-state index contributed by atoms with van der Waals surface area (Å²) in [6.45, 7) is 0.390. The summed E-state index contributed by atoms with van der Waals surface area (Å²) in [7, 11) is 0. The molecule has 0 aliphatic carbocycles. The van der Waals surface area contributed by atoms with Crippen molar-refractivity contribution < 1.29 is 9.90 Å². The molecule has 1 aromatic rings. The van der Waals surface area contributed by atoms with Crippen LogP contribution in [0.25, 0.3) is 0 Å². The van der Waals surface area contributed by atoms with Crippen LogP contribution in [0.15, 0.2) is 35.3 Å². The zero-order valence-electron chi connectivity index (χ0n) is 7.50. The van der Waals surface area contributed by atoms with Gasteiger partial charge in [0.05, 0.1) is 12.8 Å². The minimum Gasteiger partial charge on any atom is -0.368 e. The summed E-state index contributed by atoms with van der Waals surface area (Å²) < 4.78 is 0. The molecule has 1 aliphatic heterocycles. The zero-order chi connectivity index (χ0) is 9.97. The Morgan fingerprint density at radius 2 is 2.07 bits per heavy atom. The lowest BCUT2D eigenvalue weighted by atomic mass is 10.2. The summed E-state index contributed by atoms with van der Waals surface area (Å²) in [6.07, 6.45) is 0.355. The van der Waals surface area contributed by atoms with Gasteiger partial charge in [0.15, 0.2) is 6.23 Å². The van der Waals surface area contributed by atoms with Crippen LogP contribution in [0, 0.1) is 0 Å². The Labute approximate surface area is 81.5 Å². The standard InChI is InChI=1S/C10H10N2O2/c13-9-6-11-10(14)12(9)7-8-4-2-1-3-5-8/h1-6,9,13H,7H2. The van der Waals surface area contributed by atoms with Gasteiger partial charge in [-0.2, -0.15) is 0 Å². The highest BCUT2D eigenvalue weighted by Crippen LogP contribution is 2.11. The topological polar surface area (TPSA) is 52.9 Å². The van der Waals surface area contributed by atoms with E-state index in [4.69, 9.17) is 0 Å². The van der Waals surface area contributed by atoms with Crippen molar-refractivity contribution in [2.24, 2.45) is 4.99 Å². The number of nitrogens with zero attached hydrogens (tertiary/aromatic N) is 2. The molecular weight excluding hydrogens is 180 g/mol. The Kier molecular flexibility index (Phi) is 2.28. The molecule has 1 heterocycles. The fourth-order valence-electron chi connectivity index (χ4n) is 1.34. The minimum absolute atomic E-state index is 0.388. The van der Waals surface area contributed by atoms with Gasteiger partial charge in [0.1, 0.15) is 0 Å². The molecule has 2 amide bonds. The maximum atomic E-state index is 11.2. The number of hydrogen-bond acceptors (Lipinski definition) is 2. The van der Waals surface area contributed by atoms with Gasteiger partial charge in [0, 0.05) is 0 Å². The number of rotatable bonds is 2. The van der Waals surface area contributed by atoms with Gasteiger partial charge in [-0.3, -0.25) is 4.90 Å². The molecule has 0 saturated carbocycles. The summed E-state index contributed by atoms with van der Waals surface area (Å²) in [4.78, 5) is 16.0. The first kappa shape index (κ1) is 8.90. The molecule has 1 atom stereocenters. The number of urea groups is 1. The third-order valence-corrected chi connectivity index (χ3v) is 2.08. The lowest BCUT2D eigenvalue weighted by Crippen LogP contribution is -2.33. The molecule has 0 spiro atoms. The van der Waals surface area contributed by atoms with Gasteiger partial charge in [-0.25, -0.2) is 9.79 Å². The maximum absolute atomic E-state index is 11.2. The molecule has 14 heavy (non-hydrogen) atoms. The van der Waals surface area contributed by atoms with E-state index < -0.39 is 6.23 Å². The molecule has 0 radical (unpaired) electrons. The Morgan fingerprint density at radius 1 is 1.36 bits per heavy atom. The molecule has 0 saturated heterocycles. The molecule has 2 rings (SSSR count). The van der Waals surface area contributed by atoms with Gasteiger partial charge >= 0.3 is 6.03 Å². The molecule has 0 bridgehead atoms. The summed E-state index contributed by atoms with van der Waals surface area (Å²) in [5.74, 6) is 0. The molecule has 1 aromatic carbocycles. The molecule has 1 aliphatic rings. The van der Waals surface area contributed by atoms with Crippen LogP contribution >= 0.6 is 0 Å². The van der Waals surface area contributed by atoms with Crippen LogP contribution in [0.2, 0.25) is 0 Å². The predicted molar refractivity (Wildman–Crippen MR) is 51.9 cm³/mol. The van der Waals surface area contributed by atoms with Gasteiger partial charge < -0.3 is 5.11 Å². The van der Waals surface area contributed by atoms with Crippen molar-refractivity contribution in [2.75, 3.05) is 0 Å². The Hall–Kier alpha value is -1.68. The van der Waals surface area contributed by atoms with Crippen LogP contribution in [0.3, 0.4) is 0 Å². The summed E-state index contributed by atoms with van der Waals surface area (Å²) in [5.41, 5.74) is 0.977. The number of carbonyl (C=O) groups is 1. The van der Waals surface area contributed by atoms with E-state index in [-0.39, 0.29) is 6.03 Å². The van der Waals surface area contributed by atoms with Crippen LogP contribution in [-0.4, -0.2) is 28.5 Å². The van der Waals surface area contributed by atoms with Crippen molar-refractivity contribution in [1.29, 1.82) is 0 Å². The summed E-state index contributed by atoms with van der Waals surface area (Å²) >= 11 is 0. The Morgan fingerprint density at radius 3 is 2.64 bits per heavy atom. The van der Waals surface area contributed by atoms with E-state index in [9.17, 15) is 9.90 Å². The molecule has 4 heteroatoms. The van der Waals surface area contributed by atoms with Crippen LogP contribution in [0.4, 0.5) is 4.79 Å². The second kappa shape index (κ2) is 3.59. The first-order chi connectivity index (χ1) is 6.77. The smallest absolute Gasteiger partial charge is 0.345 e. The van der Waals surface area contributed by atoms with Gasteiger partial charge in [0.25, 0.3) is 0 Å². The number of hydrogen-bond donors (Lipinski definition) is 1. The highest BCUT2D eigenvalue weighted by molar-refractivity contribution is 5.91. The number of amides is 2. The van der Waals surface area contributed by atoms with Gasteiger partial charge in [-0.1, -0.05) is 30.3 Å². The first-order valence-corrected chi connectivity index (χ1v) is 4.34. The van der Waals surface area contributed by atoms with E-state index in [1.807, 2.05) is 30.3 Å². The second-order valence-corrected chi connectivity index (χ2v) is 3.09. The molecular formula is C10H10N2O2. The zero-order valence-corrected chi connectivity index (χ0v) is 7.50. The van der Waals surface area contributed by atoms with Crippen molar-refractivity contribution in [3.8, 4) is 0 Å². The summed E-state index contributed by atoms with van der Waals surface area (Å²) in [5, 5.41) is 9.38. The minimum atomic E-state index is -0.886. The molecule has 0 aromatic heterocycles. The van der Waals surface area contributed by atoms with E-state index in [1.165, 1.54) is 11.1 Å². The first-order valence-electron chi connectivity index (χ1n) is 4.34. The van der Waals surface area contributed by atoms with Gasteiger partial charge in [-0.15, -0.1) is 0 Å². The largest absolute Gasteiger partial charge is 0.368 e. The average molecular weight is 190 g/mol. The molecule has 1 N–H and O–H groups in total. The van der Waals surface area contributed by atoms with Crippen LogP contribution in [0.1, 0.15) is 5.56 Å². The van der Waals surface area contributed by atoms with Crippen molar-refractivity contribution in [3.63, 3.8) is 0 Å². The maximum Gasteiger partial charge on any atom is 0.345 e. The van der Waals surface area contributed by atoms with Crippen LogP contribution in [0.5, 0.6) is 0 Å². The van der Waals surface area contributed by atoms with Crippen molar-refractivity contribution in [2.45, 2.75) is 12.8 Å². The quantitative estimate of drug-likeness (QED) is 0.756. The Balaban J connectivity index is 2.09. The number of aliphatic hydroxyl groups is 1. The third-order valence-electron chi connectivity index (χ3n) is 2.08. The van der Waals surface area contributed by atoms with E-state index in [0.717, 1.165) is 5.56 Å². The predicted octanol–water partition coefficient (Wildman–Crippen LogP) is 1.01. The van der Waals surface area contributed by atoms with E-state index in [2.05, 4.69) is 4.99 Å². The molecule has 4 nitrogen and oxygen atoms in total. The fraction of sp³-hybridized carbons (Fsp3) is 0.200. The highest BCUT2D eigenvalue weighted by Gasteiger charge is 2.24. The average Bonchev–Trinajstić information content (AvgIpc) is 2.51. The Bertz CT molecular complexity index is 362. The monoisotopic (exact) mass is 190 g/mol. The third kappa shape index (κ3) is 1.65. The molecule has 72 valence electrons. The van der Waals surface area contributed by atoms with E-state index in [0.29, 0.717) is 6.54 Å².